The van der Waals surface area contributed by atoms with Gasteiger partial charge in [-0.05, 0) is 67.3 Å². The fourth-order valence-electron chi connectivity index (χ4n) is 3.01. The fraction of sp³-hybridized carbons (Fsp3) is 0.500. The van der Waals surface area contributed by atoms with Crippen LogP contribution < -0.4 is 5.32 Å². The van der Waals surface area contributed by atoms with Crippen molar-refractivity contribution < 1.29 is 5.11 Å². The number of phenolic OH excluding ortho intramolecular Hbond substituents is 1. The zero-order valence-electron chi connectivity index (χ0n) is 14.3. The van der Waals surface area contributed by atoms with Gasteiger partial charge in [0.05, 0.1) is 0 Å². The number of aryl methyl sites for hydroxylation is 1. The second kappa shape index (κ2) is 9.74. The van der Waals surface area contributed by atoms with Gasteiger partial charge < -0.3 is 10.4 Å². The molecule has 1 unspecified atom stereocenters. The number of nitrogens with one attached hydrogen (secondary N) is 1. The van der Waals surface area contributed by atoms with Gasteiger partial charge in [-0.3, -0.25) is 0 Å². The molecule has 3 rings (SSSR count). The Hall–Kier alpha value is -1.32. The molecule has 1 aromatic carbocycles. The van der Waals surface area contributed by atoms with E-state index < -0.39 is 0 Å². The quantitative estimate of drug-likeness (QED) is 0.812. The van der Waals surface area contributed by atoms with E-state index in [9.17, 15) is 5.11 Å². The topological polar surface area (TPSA) is 32.3 Å². The standard InChI is InChI=1S/C13H19NO.C7H10S/c1-2-8-14-11-6-7-12-10(9-11)4-3-5-13(12)15;1-2-4-7-5-3-6-8-7/h3-5,11,14-15H,2,6-9H2,1H3;3,5-6H,2,4H2,1H3. The lowest BCUT2D eigenvalue weighted by Crippen LogP contribution is -2.34. The third kappa shape index (κ3) is 5.67. The molecule has 0 amide bonds. The highest BCUT2D eigenvalue weighted by atomic mass is 32.1. The van der Waals surface area contributed by atoms with E-state index in [-0.39, 0.29) is 0 Å². The van der Waals surface area contributed by atoms with Crippen LogP contribution in [0, 0.1) is 0 Å². The maximum Gasteiger partial charge on any atom is 0.119 e. The summed E-state index contributed by atoms with van der Waals surface area (Å²) in [5, 5.41) is 15.4. The van der Waals surface area contributed by atoms with Crippen LogP contribution in [-0.4, -0.2) is 17.7 Å². The van der Waals surface area contributed by atoms with E-state index in [1.54, 1.807) is 6.07 Å². The first-order chi connectivity index (χ1) is 11.2. The minimum Gasteiger partial charge on any atom is -0.508 e. The first-order valence-electron chi connectivity index (χ1n) is 8.80. The van der Waals surface area contributed by atoms with Crippen LogP contribution in [0.3, 0.4) is 0 Å². The molecule has 1 heterocycles. The van der Waals surface area contributed by atoms with Gasteiger partial charge in [-0.25, -0.2) is 0 Å². The van der Waals surface area contributed by atoms with Crippen molar-refractivity contribution in [1.29, 1.82) is 0 Å². The van der Waals surface area contributed by atoms with Gasteiger partial charge in [-0.15, -0.1) is 11.3 Å². The molecular formula is C20H29NOS. The number of thiophene rings is 1. The number of rotatable bonds is 5. The maximum atomic E-state index is 9.70. The highest BCUT2D eigenvalue weighted by molar-refractivity contribution is 7.09. The van der Waals surface area contributed by atoms with Crippen LogP contribution in [0.1, 0.15) is 49.1 Å². The Labute approximate surface area is 144 Å². The molecule has 0 saturated heterocycles. The summed E-state index contributed by atoms with van der Waals surface area (Å²) in [5.74, 6) is 0.474. The first kappa shape index (κ1) is 18.0. The molecule has 1 aliphatic carbocycles. The van der Waals surface area contributed by atoms with Gasteiger partial charge in [0, 0.05) is 10.9 Å². The molecule has 0 aliphatic heterocycles. The second-order valence-electron chi connectivity index (χ2n) is 6.14. The van der Waals surface area contributed by atoms with Crippen molar-refractivity contribution in [3.05, 3.63) is 51.7 Å². The Morgan fingerprint density at radius 3 is 2.74 bits per heavy atom. The molecule has 0 radical (unpaired) electrons. The van der Waals surface area contributed by atoms with Crippen LogP contribution in [0.15, 0.2) is 35.7 Å². The molecule has 2 nitrogen and oxygen atoms in total. The predicted molar refractivity (Wildman–Crippen MR) is 101 cm³/mol. The molecule has 23 heavy (non-hydrogen) atoms. The number of hydrogen-bond acceptors (Lipinski definition) is 3. The molecule has 0 saturated carbocycles. The lowest BCUT2D eigenvalue weighted by molar-refractivity contribution is 0.432. The largest absolute Gasteiger partial charge is 0.508 e. The number of benzene rings is 1. The van der Waals surface area contributed by atoms with Crippen molar-refractivity contribution in [2.24, 2.45) is 0 Å². The van der Waals surface area contributed by atoms with E-state index in [0.717, 1.165) is 31.4 Å². The zero-order valence-corrected chi connectivity index (χ0v) is 15.2. The molecule has 2 aromatic rings. The van der Waals surface area contributed by atoms with Gasteiger partial charge in [0.25, 0.3) is 0 Å². The average Bonchev–Trinajstić information content (AvgIpc) is 3.07. The smallest absolute Gasteiger partial charge is 0.119 e. The third-order valence-corrected chi connectivity index (χ3v) is 5.15. The average molecular weight is 332 g/mol. The van der Waals surface area contributed by atoms with E-state index in [2.05, 4.69) is 42.7 Å². The van der Waals surface area contributed by atoms with Crippen LogP contribution in [0.5, 0.6) is 5.75 Å². The Morgan fingerprint density at radius 2 is 2.04 bits per heavy atom. The van der Waals surface area contributed by atoms with Crippen LogP contribution >= 0.6 is 11.3 Å². The summed E-state index contributed by atoms with van der Waals surface area (Å²) >= 11 is 1.85. The van der Waals surface area contributed by atoms with Crippen molar-refractivity contribution in [1.82, 2.24) is 5.32 Å². The Balaban J connectivity index is 0.000000203. The Kier molecular flexibility index (Phi) is 7.63. The van der Waals surface area contributed by atoms with E-state index in [0.29, 0.717) is 11.8 Å². The number of hydrogen-bond donors (Lipinski definition) is 2. The summed E-state index contributed by atoms with van der Waals surface area (Å²) in [6, 6.07) is 10.8. The Bertz CT molecular complexity index is 565. The van der Waals surface area contributed by atoms with Gasteiger partial charge in [0.1, 0.15) is 5.75 Å². The third-order valence-electron chi connectivity index (χ3n) is 4.22. The lowest BCUT2D eigenvalue weighted by atomic mass is 9.87. The second-order valence-corrected chi connectivity index (χ2v) is 7.17. The molecule has 1 aromatic heterocycles. The predicted octanol–water partition coefficient (Wildman–Crippen LogP) is 4.95. The van der Waals surface area contributed by atoms with Crippen LogP contribution in [-0.2, 0) is 19.3 Å². The summed E-state index contributed by atoms with van der Waals surface area (Å²) in [4.78, 5) is 1.51. The highest BCUT2D eigenvalue weighted by Crippen LogP contribution is 2.28. The first-order valence-corrected chi connectivity index (χ1v) is 9.68. The van der Waals surface area contributed by atoms with Crippen LogP contribution in [0.2, 0.25) is 0 Å². The summed E-state index contributed by atoms with van der Waals surface area (Å²) in [6.07, 6.45) is 6.90. The molecule has 1 atom stereocenters. The van der Waals surface area contributed by atoms with Gasteiger partial charge in [-0.1, -0.05) is 38.5 Å². The summed E-state index contributed by atoms with van der Waals surface area (Å²) in [6.45, 7) is 5.49. The van der Waals surface area contributed by atoms with Gasteiger partial charge >= 0.3 is 0 Å². The SMILES string of the molecule is CCCNC1CCc2c(O)cccc2C1.CCCc1cccs1. The van der Waals surface area contributed by atoms with Crippen molar-refractivity contribution in [2.75, 3.05) is 6.54 Å². The van der Waals surface area contributed by atoms with Crippen molar-refractivity contribution in [3.63, 3.8) is 0 Å². The molecular weight excluding hydrogens is 302 g/mol. The highest BCUT2D eigenvalue weighted by Gasteiger charge is 2.19. The number of fused-ring (bicyclic) bond motifs is 1. The van der Waals surface area contributed by atoms with E-state index in [1.807, 2.05) is 17.4 Å². The molecule has 0 fully saturated rings. The van der Waals surface area contributed by atoms with Gasteiger partial charge in [-0.2, -0.15) is 0 Å². The summed E-state index contributed by atoms with van der Waals surface area (Å²) in [7, 11) is 0. The van der Waals surface area contributed by atoms with Crippen LogP contribution in [0.25, 0.3) is 0 Å². The molecule has 1 aliphatic rings. The maximum absolute atomic E-state index is 9.70. The molecule has 2 N–H and O–H groups in total. The zero-order chi connectivity index (χ0) is 16.5. The van der Waals surface area contributed by atoms with Crippen LogP contribution in [0.4, 0.5) is 0 Å². The molecule has 0 bridgehead atoms. The van der Waals surface area contributed by atoms with Crippen molar-refractivity contribution in [3.8, 4) is 5.75 Å². The molecule has 3 heteroatoms. The monoisotopic (exact) mass is 331 g/mol. The van der Waals surface area contributed by atoms with Gasteiger partial charge in [0.15, 0.2) is 0 Å². The van der Waals surface area contributed by atoms with E-state index in [1.165, 1.54) is 29.7 Å². The van der Waals surface area contributed by atoms with Crippen molar-refractivity contribution >= 4 is 11.3 Å². The summed E-state index contributed by atoms with van der Waals surface area (Å²) in [5.41, 5.74) is 2.47. The van der Waals surface area contributed by atoms with E-state index in [4.69, 9.17) is 0 Å². The molecule has 0 spiro atoms. The summed E-state index contributed by atoms with van der Waals surface area (Å²) < 4.78 is 0. The number of phenols is 1. The Morgan fingerprint density at radius 1 is 1.17 bits per heavy atom. The van der Waals surface area contributed by atoms with Gasteiger partial charge in [0.2, 0.25) is 0 Å². The van der Waals surface area contributed by atoms with E-state index >= 15 is 0 Å². The lowest BCUT2D eigenvalue weighted by Gasteiger charge is -2.25. The fourth-order valence-corrected chi connectivity index (χ4v) is 3.82. The molecule has 126 valence electrons. The minimum absolute atomic E-state index is 0.474. The van der Waals surface area contributed by atoms with Crippen molar-refractivity contribution in [2.45, 2.75) is 58.4 Å². The number of aromatic hydroxyl groups is 1. The minimum atomic E-state index is 0.474. The normalized spacial score (nSPS) is 16.3.